The van der Waals surface area contributed by atoms with E-state index in [0.29, 0.717) is 0 Å². The highest BCUT2D eigenvalue weighted by Crippen LogP contribution is 2.48. The lowest BCUT2D eigenvalue weighted by atomic mass is 9.88. The highest BCUT2D eigenvalue weighted by molar-refractivity contribution is 6.29. The van der Waals surface area contributed by atoms with E-state index in [4.69, 9.17) is 0 Å². The molecule has 11 aromatic rings. The Morgan fingerprint density at radius 3 is 1.02 bits per heavy atom. The SMILES string of the molecule is CCCCCc1c2[nH]c3ccccc3c2c(-c2ccc(-c3c4[nH]c5ccccc5c4c(CCCCC)c4[nH]c5ccccc5c34)cc2)c2[nH]c3ccccc3c12. The van der Waals surface area contributed by atoms with Crippen LogP contribution < -0.4 is 0 Å². The van der Waals surface area contributed by atoms with Gasteiger partial charge in [-0.25, -0.2) is 0 Å². The van der Waals surface area contributed by atoms with Gasteiger partial charge in [0.05, 0.1) is 22.1 Å². The van der Waals surface area contributed by atoms with Gasteiger partial charge in [-0.3, -0.25) is 0 Å². The second-order valence-corrected chi connectivity index (χ2v) is 15.9. The highest BCUT2D eigenvalue weighted by atomic mass is 14.8. The van der Waals surface area contributed by atoms with Crippen molar-refractivity contribution in [3.05, 3.63) is 132 Å². The summed E-state index contributed by atoms with van der Waals surface area (Å²) in [5, 5.41) is 10.5. The zero-order valence-electron chi connectivity index (χ0n) is 32.2. The molecule has 0 aliphatic carbocycles. The maximum absolute atomic E-state index is 3.95. The van der Waals surface area contributed by atoms with Gasteiger partial charge in [-0.05, 0) is 72.2 Å². The van der Waals surface area contributed by atoms with Crippen molar-refractivity contribution < 1.29 is 0 Å². The molecule has 0 saturated carbocycles. The average Bonchev–Trinajstić information content (AvgIpc) is 4.02. The lowest BCUT2D eigenvalue weighted by Gasteiger charge is -2.15. The zero-order valence-corrected chi connectivity index (χ0v) is 32.2. The van der Waals surface area contributed by atoms with Gasteiger partial charge in [-0.15, -0.1) is 0 Å². The van der Waals surface area contributed by atoms with Gasteiger partial charge in [-0.2, -0.15) is 0 Å². The summed E-state index contributed by atoms with van der Waals surface area (Å²) in [6, 6.07) is 44.9. The normalized spacial score (nSPS) is 12.3. The number of nitrogens with one attached hydrogen (secondary N) is 4. The quantitative estimate of drug-likeness (QED) is 0.101. The minimum atomic E-state index is 1.05. The molecule has 4 heteroatoms. The predicted octanol–water partition coefficient (Wildman–Crippen LogP) is 15.0. The number of unbranched alkanes of at least 4 members (excludes halogenated alkanes) is 4. The summed E-state index contributed by atoms with van der Waals surface area (Å²) < 4.78 is 0. The highest BCUT2D eigenvalue weighted by Gasteiger charge is 2.25. The Morgan fingerprint density at radius 1 is 0.339 bits per heavy atom. The molecule has 0 radical (unpaired) electrons. The Kier molecular flexibility index (Phi) is 7.80. The van der Waals surface area contributed by atoms with Crippen LogP contribution in [0.3, 0.4) is 0 Å². The summed E-state index contributed by atoms with van der Waals surface area (Å²) in [4.78, 5) is 15.8. The standard InChI is InChI=1S/C52H46N4/c1-3-5-7-21-37-45-33-17-9-13-23-39(33)55-51(45)43(47-35-19-11-15-25-41(35)53-49(37)47)31-27-29-32(30-28-31)44-48-36-20-12-16-26-42(36)54-50(48)38(22-8-6-4-2)46-34-18-10-14-24-40(34)56-52(44)46/h9-20,23-30,53-56H,3-8,21-22H2,1-2H3. The van der Waals surface area contributed by atoms with E-state index < -0.39 is 0 Å². The van der Waals surface area contributed by atoms with Gasteiger partial charge in [-0.1, -0.05) is 137 Å². The molecule has 56 heavy (non-hydrogen) atoms. The Hall–Kier alpha value is -6.26. The number of para-hydroxylation sites is 4. The molecule has 0 saturated heterocycles. The van der Waals surface area contributed by atoms with Crippen LogP contribution in [0.2, 0.25) is 0 Å². The smallest absolute Gasteiger partial charge is 0.0555 e. The molecule has 11 rings (SSSR count). The number of rotatable bonds is 10. The van der Waals surface area contributed by atoms with Crippen molar-refractivity contribution in [3.8, 4) is 22.3 Å². The number of aromatic amines is 4. The molecule has 0 unspecified atom stereocenters. The van der Waals surface area contributed by atoms with E-state index in [2.05, 4.69) is 155 Å². The Labute approximate surface area is 325 Å². The molecular formula is C52H46N4. The van der Waals surface area contributed by atoms with Gasteiger partial charge >= 0.3 is 0 Å². The molecule has 0 atom stereocenters. The lowest BCUT2D eigenvalue weighted by molar-refractivity contribution is 0.721. The van der Waals surface area contributed by atoms with Crippen molar-refractivity contribution >= 4 is 87.2 Å². The minimum Gasteiger partial charge on any atom is -0.354 e. The fraction of sp³-hybridized carbons (Fsp3) is 0.192. The number of aryl methyl sites for hydroxylation is 2. The molecule has 4 heterocycles. The van der Waals surface area contributed by atoms with Crippen LogP contribution in [-0.2, 0) is 12.8 Å². The van der Waals surface area contributed by atoms with Crippen LogP contribution in [0.4, 0.5) is 0 Å². The first-order valence-electron chi connectivity index (χ1n) is 20.8. The number of aromatic nitrogens is 4. The molecule has 0 bridgehead atoms. The molecule has 0 fully saturated rings. The van der Waals surface area contributed by atoms with Crippen LogP contribution >= 0.6 is 0 Å². The third kappa shape index (κ3) is 4.91. The van der Waals surface area contributed by atoms with Gasteiger partial charge < -0.3 is 19.9 Å². The molecule has 0 aliphatic rings. The monoisotopic (exact) mass is 726 g/mol. The summed E-state index contributed by atoms with van der Waals surface area (Å²) in [6.45, 7) is 4.59. The fourth-order valence-corrected chi connectivity index (χ4v) is 10.0. The molecule has 274 valence electrons. The second kappa shape index (κ2) is 13.2. The Bertz CT molecular complexity index is 3040. The lowest BCUT2D eigenvalue weighted by Crippen LogP contribution is -1.94. The molecule has 4 nitrogen and oxygen atoms in total. The molecule has 0 spiro atoms. The third-order valence-electron chi connectivity index (χ3n) is 12.6. The first-order chi connectivity index (χ1) is 27.7. The first kappa shape index (κ1) is 33.1. The molecule has 4 aromatic heterocycles. The van der Waals surface area contributed by atoms with E-state index in [1.54, 1.807) is 0 Å². The van der Waals surface area contributed by atoms with Gasteiger partial charge in [0.25, 0.3) is 0 Å². The van der Waals surface area contributed by atoms with E-state index in [9.17, 15) is 0 Å². The molecule has 0 amide bonds. The number of fused-ring (bicyclic) bond motifs is 12. The number of benzene rings is 7. The van der Waals surface area contributed by atoms with Gasteiger partial charge in [0, 0.05) is 76.3 Å². The molecule has 4 N–H and O–H groups in total. The molecule has 7 aromatic carbocycles. The van der Waals surface area contributed by atoms with Crippen LogP contribution in [0, 0.1) is 0 Å². The maximum Gasteiger partial charge on any atom is 0.0555 e. The number of hydrogen-bond acceptors (Lipinski definition) is 0. The molecule has 0 aliphatic heterocycles. The predicted molar refractivity (Wildman–Crippen MR) is 241 cm³/mol. The van der Waals surface area contributed by atoms with Gasteiger partial charge in [0.1, 0.15) is 0 Å². The number of hydrogen-bond donors (Lipinski definition) is 4. The second-order valence-electron chi connectivity index (χ2n) is 15.9. The summed E-state index contributed by atoms with van der Waals surface area (Å²) in [7, 11) is 0. The average molecular weight is 727 g/mol. The van der Waals surface area contributed by atoms with E-state index >= 15 is 0 Å². The summed E-state index contributed by atoms with van der Waals surface area (Å²) >= 11 is 0. The maximum atomic E-state index is 3.95. The van der Waals surface area contributed by atoms with Crippen molar-refractivity contribution in [1.82, 2.24) is 19.9 Å². The summed E-state index contributed by atoms with van der Waals surface area (Å²) in [5.41, 5.74) is 17.6. The van der Waals surface area contributed by atoms with Crippen LogP contribution in [-0.4, -0.2) is 19.9 Å². The minimum absolute atomic E-state index is 1.05. The van der Waals surface area contributed by atoms with Crippen LogP contribution in [0.1, 0.15) is 63.5 Å². The molecular weight excluding hydrogens is 681 g/mol. The van der Waals surface area contributed by atoms with Crippen molar-refractivity contribution in [2.24, 2.45) is 0 Å². The van der Waals surface area contributed by atoms with Crippen molar-refractivity contribution in [2.45, 2.75) is 65.2 Å². The summed E-state index contributed by atoms with van der Waals surface area (Å²) in [5.74, 6) is 0. The fourth-order valence-electron chi connectivity index (χ4n) is 10.0. The third-order valence-corrected chi connectivity index (χ3v) is 12.6. The van der Waals surface area contributed by atoms with E-state index in [1.807, 2.05) is 0 Å². The summed E-state index contributed by atoms with van der Waals surface area (Å²) in [6.07, 6.45) is 9.29. The van der Waals surface area contributed by atoms with E-state index in [-0.39, 0.29) is 0 Å². The van der Waals surface area contributed by atoms with Crippen LogP contribution in [0.25, 0.3) is 109 Å². The first-order valence-corrected chi connectivity index (χ1v) is 20.8. The van der Waals surface area contributed by atoms with Crippen molar-refractivity contribution in [3.63, 3.8) is 0 Å². The van der Waals surface area contributed by atoms with Crippen LogP contribution in [0.5, 0.6) is 0 Å². The van der Waals surface area contributed by atoms with E-state index in [1.165, 1.54) is 159 Å². The topological polar surface area (TPSA) is 63.2 Å². The zero-order chi connectivity index (χ0) is 37.3. The van der Waals surface area contributed by atoms with Crippen LogP contribution in [0.15, 0.2) is 121 Å². The van der Waals surface area contributed by atoms with Crippen molar-refractivity contribution in [1.29, 1.82) is 0 Å². The Morgan fingerprint density at radius 2 is 0.661 bits per heavy atom. The van der Waals surface area contributed by atoms with Crippen molar-refractivity contribution in [2.75, 3.05) is 0 Å². The van der Waals surface area contributed by atoms with Gasteiger partial charge in [0.2, 0.25) is 0 Å². The van der Waals surface area contributed by atoms with Gasteiger partial charge in [0.15, 0.2) is 0 Å². The Balaban J connectivity index is 1.20. The van der Waals surface area contributed by atoms with E-state index in [0.717, 1.165) is 12.8 Å². The number of H-pyrrole nitrogens is 4. The largest absolute Gasteiger partial charge is 0.354 e.